The first kappa shape index (κ1) is 11.4. The zero-order valence-electron chi connectivity index (χ0n) is 9.38. The van der Waals surface area contributed by atoms with Gasteiger partial charge in [0, 0.05) is 0 Å². The van der Waals surface area contributed by atoms with Crippen LogP contribution in [-0.2, 0) is 7.05 Å². The zero-order chi connectivity index (χ0) is 11.8. The molecule has 0 aliphatic heterocycles. The Morgan fingerprint density at radius 2 is 2.00 bits per heavy atom. The summed E-state index contributed by atoms with van der Waals surface area (Å²) in [6.45, 7) is 1.79. The van der Waals surface area contributed by atoms with Crippen molar-refractivity contribution in [3.8, 4) is 0 Å². The van der Waals surface area contributed by atoms with Gasteiger partial charge in [0.05, 0.1) is 0 Å². The van der Waals surface area contributed by atoms with Crippen molar-refractivity contribution < 1.29 is 14.5 Å². The van der Waals surface area contributed by atoms with E-state index in [0.717, 1.165) is 10.9 Å². The molecule has 0 radical (unpaired) electrons. The Bertz CT molecular complexity index is 528. The first-order chi connectivity index (χ1) is 7.54. The molecule has 86 valence electrons. The van der Waals surface area contributed by atoms with Gasteiger partial charge in [-0.2, -0.15) is 0 Å². The van der Waals surface area contributed by atoms with E-state index >= 15 is 0 Å². The Balaban J connectivity index is 2.77. The van der Waals surface area contributed by atoms with Gasteiger partial charge in [-0.25, -0.2) is 0 Å². The summed E-state index contributed by atoms with van der Waals surface area (Å²) < 4.78 is 1.63. The average Bonchev–Trinajstić information content (AvgIpc) is 2.28. The van der Waals surface area contributed by atoms with Crippen molar-refractivity contribution in [3.63, 3.8) is 0 Å². The molecule has 0 saturated carbocycles. The molecule has 2 rings (SSSR count). The van der Waals surface area contributed by atoms with E-state index in [4.69, 9.17) is 0 Å². The van der Waals surface area contributed by atoms with Gasteiger partial charge in [-0.15, -0.1) is 0 Å². The number of benzene rings is 1. The molecular weight excluding hydrogens is 223 g/mol. The number of rotatable bonds is 2. The number of fused-ring (bicyclic) bond motifs is 1. The predicted octanol–water partition coefficient (Wildman–Crippen LogP) is 0.269. The Hall–Kier alpha value is -1.09. The second kappa shape index (κ2) is 4.06. The van der Waals surface area contributed by atoms with Crippen molar-refractivity contribution in [1.29, 1.82) is 0 Å². The molecule has 0 atom stereocenters. The normalized spacial score (nSPS) is 13.0. The van der Waals surface area contributed by atoms with Gasteiger partial charge in [0.1, 0.15) is 0 Å². The fourth-order valence-corrected chi connectivity index (χ4v) is 3.17. The minimum atomic E-state index is -3.31. The molecule has 0 amide bonds. The van der Waals surface area contributed by atoms with Crippen LogP contribution in [0.4, 0.5) is 0 Å². The molecule has 2 aromatic rings. The molecular formula is C11H16N2O2P+. The second-order valence-electron chi connectivity index (χ2n) is 3.90. The summed E-state index contributed by atoms with van der Waals surface area (Å²) in [4.78, 5) is 20.1. The van der Waals surface area contributed by atoms with E-state index < -0.39 is 7.72 Å². The Morgan fingerprint density at radius 3 is 2.69 bits per heavy atom. The summed E-state index contributed by atoms with van der Waals surface area (Å²) in [6, 6.07) is 7.52. The minimum absolute atomic E-state index is 0.376. The number of nitrogens with zero attached hydrogens (tertiary/aromatic N) is 2. The van der Waals surface area contributed by atoms with Crippen LogP contribution in [0.2, 0.25) is 0 Å². The van der Waals surface area contributed by atoms with Gasteiger partial charge in [-0.3, -0.25) is 0 Å². The molecule has 1 aromatic heterocycles. The Kier molecular flexibility index (Phi) is 2.89. The van der Waals surface area contributed by atoms with E-state index in [1.54, 1.807) is 24.9 Å². The quantitative estimate of drug-likeness (QED) is 0.584. The summed E-state index contributed by atoms with van der Waals surface area (Å²) in [7, 11) is -1.52. The Morgan fingerprint density at radius 1 is 1.31 bits per heavy atom. The van der Waals surface area contributed by atoms with Crippen LogP contribution in [0.15, 0.2) is 30.5 Å². The number of aromatic nitrogens is 2. The van der Waals surface area contributed by atoms with Crippen molar-refractivity contribution in [2.45, 2.75) is 6.92 Å². The van der Waals surface area contributed by atoms with Gasteiger partial charge >= 0.3 is 94.1 Å². The van der Waals surface area contributed by atoms with Crippen LogP contribution in [0.5, 0.6) is 0 Å². The third kappa shape index (κ3) is 1.92. The summed E-state index contributed by atoms with van der Waals surface area (Å²) in [6.07, 6.45) is 2.08. The van der Waals surface area contributed by atoms with Crippen molar-refractivity contribution in [2.75, 3.05) is 6.16 Å². The summed E-state index contributed by atoms with van der Waals surface area (Å²) in [5.74, 6) is 0. The zero-order valence-corrected chi connectivity index (χ0v) is 10.4. The topological polar surface area (TPSA) is 57.2 Å². The van der Waals surface area contributed by atoms with Crippen molar-refractivity contribution >= 4 is 23.9 Å². The molecule has 1 heterocycles. The third-order valence-electron chi connectivity index (χ3n) is 2.70. The van der Waals surface area contributed by atoms with Crippen LogP contribution >= 0.6 is 7.72 Å². The van der Waals surface area contributed by atoms with Gasteiger partial charge in [0.2, 0.25) is 0 Å². The fraction of sp³-hybridized carbons (Fsp3) is 0.273. The average molecular weight is 239 g/mol. The maximum atomic E-state index is 10.1. The van der Waals surface area contributed by atoms with Gasteiger partial charge in [0.25, 0.3) is 0 Å². The molecule has 0 spiro atoms. The van der Waals surface area contributed by atoms with Crippen molar-refractivity contribution in [3.05, 3.63) is 30.5 Å². The molecule has 0 unspecified atom stereocenters. The van der Waals surface area contributed by atoms with Crippen LogP contribution in [-0.4, -0.2) is 21.0 Å². The molecule has 5 heteroatoms. The van der Waals surface area contributed by atoms with Gasteiger partial charge in [-0.1, -0.05) is 0 Å². The third-order valence-corrected chi connectivity index (χ3v) is 4.95. The van der Waals surface area contributed by atoms with E-state index in [1.165, 1.54) is 0 Å². The number of hydrogen-bond donors (Lipinski definition) is 2. The number of aryl methyl sites for hydroxylation is 1. The van der Waals surface area contributed by atoms with Gasteiger partial charge < -0.3 is 0 Å². The van der Waals surface area contributed by atoms with Crippen LogP contribution in [0.3, 0.4) is 0 Å². The molecule has 1 aromatic carbocycles. The molecule has 16 heavy (non-hydrogen) atoms. The SMILES string of the molecule is CC[PH](O)(O)c1c[n+](C)nc2ccccc12. The van der Waals surface area contributed by atoms with E-state index in [9.17, 15) is 9.79 Å². The Labute approximate surface area is 94.7 Å². The second-order valence-corrected chi connectivity index (χ2v) is 6.78. The molecule has 0 aliphatic carbocycles. The summed E-state index contributed by atoms with van der Waals surface area (Å²) in [5, 5.41) is 5.76. The maximum absolute atomic E-state index is 10.1. The first-order valence-electron chi connectivity index (χ1n) is 5.25. The van der Waals surface area contributed by atoms with Crippen LogP contribution < -0.4 is 9.99 Å². The van der Waals surface area contributed by atoms with E-state index in [-0.39, 0.29) is 0 Å². The molecule has 0 bridgehead atoms. The molecule has 4 nitrogen and oxygen atoms in total. The van der Waals surface area contributed by atoms with Crippen LogP contribution in [0.25, 0.3) is 10.9 Å². The molecule has 0 aliphatic rings. The first-order valence-corrected chi connectivity index (χ1v) is 7.35. The monoisotopic (exact) mass is 239 g/mol. The molecule has 2 N–H and O–H groups in total. The van der Waals surface area contributed by atoms with Gasteiger partial charge in [0.15, 0.2) is 0 Å². The van der Waals surface area contributed by atoms with Gasteiger partial charge in [-0.05, 0) is 0 Å². The summed E-state index contributed by atoms with van der Waals surface area (Å²) >= 11 is 0. The van der Waals surface area contributed by atoms with Crippen LogP contribution in [0, 0.1) is 0 Å². The molecule has 0 fully saturated rings. The number of hydrogen-bond acceptors (Lipinski definition) is 3. The predicted molar refractivity (Wildman–Crippen MR) is 65.8 cm³/mol. The van der Waals surface area contributed by atoms with E-state index in [0.29, 0.717) is 11.5 Å². The van der Waals surface area contributed by atoms with E-state index in [1.807, 2.05) is 24.3 Å². The molecule has 0 saturated heterocycles. The van der Waals surface area contributed by atoms with Crippen molar-refractivity contribution in [1.82, 2.24) is 5.10 Å². The standard InChI is InChI=1S/C11H16N2O2P/c1-3-16(14,15)11-8-13(2)12-10-7-5-4-6-9(10)11/h4-8,14-16H,3H2,1-2H3/q+1. The fourth-order valence-electron chi connectivity index (χ4n) is 1.75. The summed E-state index contributed by atoms with van der Waals surface area (Å²) in [5.41, 5.74) is 0.788. The van der Waals surface area contributed by atoms with E-state index in [2.05, 4.69) is 5.10 Å². The van der Waals surface area contributed by atoms with Crippen LogP contribution in [0.1, 0.15) is 6.92 Å². The van der Waals surface area contributed by atoms with Crippen molar-refractivity contribution in [2.24, 2.45) is 7.05 Å².